The van der Waals surface area contributed by atoms with Crippen LogP contribution in [0.25, 0.3) is 0 Å². The van der Waals surface area contributed by atoms with Gasteiger partial charge in [-0.2, -0.15) is 0 Å². The standard InChI is InChI=1S/C15H22N4O.C5H10O2/c1-11-9-18(7-5-17-11)10-15(20)19-6-4-12-2-3-13(16)8-14(12)19;1-5(2,3)7-4-6/h2-3,8,11,17H,4-7,9-10,16H2,1H3;4H,1-3H3/t11-;/m1./s1. The molecule has 3 rings (SSSR count). The average Bonchev–Trinajstić information content (AvgIpc) is 2.97. The number of nitrogen functional groups attached to an aromatic ring is 1. The third kappa shape index (κ3) is 6.52. The first-order chi connectivity index (χ1) is 12.7. The Kier molecular flexibility index (Phi) is 7.21. The molecule has 0 aromatic heterocycles. The van der Waals surface area contributed by atoms with E-state index in [1.165, 1.54) is 5.56 Å². The lowest BCUT2D eigenvalue weighted by molar-refractivity contribution is -0.138. The molecule has 0 radical (unpaired) electrons. The second kappa shape index (κ2) is 9.19. The average molecular weight is 377 g/mol. The molecule has 7 heteroatoms. The number of rotatable bonds is 3. The van der Waals surface area contributed by atoms with Crippen LogP contribution in [0.4, 0.5) is 11.4 Å². The van der Waals surface area contributed by atoms with Gasteiger partial charge in [-0.05, 0) is 51.8 Å². The molecule has 1 saturated heterocycles. The third-order valence-electron chi connectivity index (χ3n) is 4.52. The van der Waals surface area contributed by atoms with Crippen LogP contribution in [0.15, 0.2) is 18.2 Å². The Bertz CT molecular complexity index is 657. The van der Waals surface area contributed by atoms with Crippen molar-refractivity contribution in [3.05, 3.63) is 23.8 Å². The molecule has 3 N–H and O–H groups in total. The Morgan fingerprint density at radius 1 is 1.37 bits per heavy atom. The van der Waals surface area contributed by atoms with Gasteiger partial charge in [0, 0.05) is 43.6 Å². The topological polar surface area (TPSA) is 87.9 Å². The highest BCUT2D eigenvalue weighted by molar-refractivity contribution is 5.97. The summed E-state index contributed by atoms with van der Waals surface area (Å²) in [6, 6.07) is 6.31. The molecule has 0 unspecified atom stereocenters. The number of nitrogens with one attached hydrogen (secondary N) is 1. The smallest absolute Gasteiger partial charge is 0.293 e. The van der Waals surface area contributed by atoms with E-state index in [1.54, 1.807) is 0 Å². The van der Waals surface area contributed by atoms with Gasteiger partial charge in [0.2, 0.25) is 5.91 Å². The van der Waals surface area contributed by atoms with E-state index in [9.17, 15) is 9.59 Å². The number of fused-ring (bicyclic) bond motifs is 1. The van der Waals surface area contributed by atoms with Crippen molar-refractivity contribution >= 4 is 23.8 Å². The second-order valence-corrected chi connectivity index (χ2v) is 8.10. The highest BCUT2D eigenvalue weighted by atomic mass is 16.5. The first kappa shape index (κ1) is 21.2. The molecule has 1 aromatic carbocycles. The summed E-state index contributed by atoms with van der Waals surface area (Å²) in [4.78, 5) is 26.2. The number of hydrogen-bond donors (Lipinski definition) is 2. The number of piperazine rings is 1. The van der Waals surface area contributed by atoms with Gasteiger partial charge in [-0.3, -0.25) is 14.5 Å². The van der Waals surface area contributed by atoms with Crippen molar-refractivity contribution < 1.29 is 14.3 Å². The van der Waals surface area contributed by atoms with Crippen molar-refractivity contribution in [3.8, 4) is 0 Å². The minimum atomic E-state index is -0.318. The lowest BCUT2D eigenvalue weighted by Crippen LogP contribution is -2.52. The number of amides is 1. The third-order valence-corrected chi connectivity index (χ3v) is 4.52. The highest BCUT2D eigenvalue weighted by Crippen LogP contribution is 2.30. The molecular formula is C20H32N4O3. The second-order valence-electron chi connectivity index (χ2n) is 8.10. The maximum absolute atomic E-state index is 12.5. The highest BCUT2D eigenvalue weighted by Gasteiger charge is 2.27. The molecule has 0 saturated carbocycles. The number of ether oxygens (including phenoxy) is 1. The van der Waals surface area contributed by atoms with E-state index in [-0.39, 0.29) is 11.5 Å². The van der Waals surface area contributed by atoms with Gasteiger partial charge in [-0.25, -0.2) is 0 Å². The molecule has 2 aliphatic rings. The molecule has 1 fully saturated rings. The van der Waals surface area contributed by atoms with Crippen LogP contribution < -0.4 is 16.0 Å². The minimum absolute atomic E-state index is 0.184. The summed E-state index contributed by atoms with van der Waals surface area (Å²) < 4.78 is 4.55. The van der Waals surface area contributed by atoms with Gasteiger partial charge in [-0.15, -0.1) is 0 Å². The minimum Gasteiger partial charge on any atom is -0.462 e. The molecular weight excluding hydrogens is 344 g/mol. The summed E-state index contributed by atoms with van der Waals surface area (Å²) in [7, 11) is 0. The maximum atomic E-state index is 12.5. The zero-order chi connectivity index (χ0) is 20.0. The van der Waals surface area contributed by atoms with Gasteiger partial charge in [0.05, 0.1) is 6.54 Å². The fraction of sp³-hybridized carbons (Fsp3) is 0.600. The monoisotopic (exact) mass is 376 g/mol. The van der Waals surface area contributed by atoms with Crippen molar-refractivity contribution in [2.45, 2.75) is 45.8 Å². The maximum Gasteiger partial charge on any atom is 0.293 e. The van der Waals surface area contributed by atoms with Gasteiger partial charge >= 0.3 is 0 Å². The Morgan fingerprint density at radius 2 is 2.11 bits per heavy atom. The zero-order valence-electron chi connectivity index (χ0n) is 16.8. The molecule has 1 atom stereocenters. The molecule has 150 valence electrons. The predicted octanol–water partition coefficient (Wildman–Crippen LogP) is 1.41. The van der Waals surface area contributed by atoms with Gasteiger partial charge in [0.15, 0.2) is 0 Å². The summed E-state index contributed by atoms with van der Waals surface area (Å²) in [5.41, 5.74) is 8.46. The fourth-order valence-corrected chi connectivity index (χ4v) is 3.23. The molecule has 1 aromatic rings. The SMILES string of the molecule is CC(C)(C)OC=O.C[C@@H]1CN(CC(=O)N2CCc3ccc(N)cc32)CCN1. The molecule has 0 aliphatic carbocycles. The summed E-state index contributed by atoms with van der Waals surface area (Å²) in [6.45, 7) is 12.2. The van der Waals surface area contributed by atoms with Gasteiger partial charge in [-0.1, -0.05) is 6.07 Å². The van der Waals surface area contributed by atoms with Crippen molar-refractivity contribution in [3.63, 3.8) is 0 Å². The number of benzene rings is 1. The van der Waals surface area contributed by atoms with Crippen LogP contribution in [0.5, 0.6) is 0 Å². The normalized spacial score (nSPS) is 19.7. The van der Waals surface area contributed by atoms with Crippen LogP contribution in [0.1, 0.15) is 33.3 Å². The van der Waals surface area contributed by atoms with E-state index in [4.69, 9.17) is 5.73 Å². The largest absolute Gasteiger partial charge is 0.462 e. The van der Waals surface area contributed by atoms with Crippen LogP contribution in [0.2, 0.25) is 0 Å². The van der Waals surface area contributed by atoms with Crippen LogP contribution in [0, 0.1) is 0 Å². The van der Waals surface area contributed by atoms with Crippen molar-refractivity contribution in [2.24, 2.45) is 0 Å². The molecule has 2 aliphatic heterocycles. The first-order valence-corrected chi connectivity index (χ1v) is 9.45. The molecule has 27 heavy (non-hydrogen) atoms. The molecule has 0 spiro atoms. The quantitative estimate of drug-likeness (QED) is 0.613. The van der Waals surface area contributed by atoms with E-state index >= 15 is 0 Å². The number of carbonyl (C=O) groups excluding carboxylic acids is 2. The van der Waals surface area contributed by atoms with Crippen LogP contribution >= 0.6 is 0 Å². The first-order valence-electron chi connectivity index (χ1n) is 9.45. The van der Waals surface area contributed by atoms with Crippen LogP contribution in [0.3, 0.4) is 0 Å². The van der Waals surface area contributed by atoms with E-state index in [2.05, 4.69) is 21.9 Å². The molecule has 0 bridgehead atoms. The predicted molar refractivity (Wildman–Crippen MR) is 108 cm³/mol. The Morgan fingerprint density at radius 3 is 2.70 bits per heavy atom. The number of nitrogens with zero attached hydrogens (tertiary/aromatic N) is 2. The summed E-state index contributed by atoms with van der Waals surface area (Å²) in [6.07, 6.45) is 0.930. The van der Waals surface area contributed by atoms with Gasteiger partial charge in [0.1, 0.15) is 5.60 Å². The Balaban J connectivity index is 0.000000321. The van der Waals surface area contributed by atoms with Gasteiger partial charge < -0.3 is 20.7 Å². The number of anilines is 2. The number of nitrogens with two attached hydrogens (primary N) is 1. The summed E-state index contributed by atoms with van der Waals surface area (Å²) >= 11 is 0. The Labute approximate surface area is 161 Å². The van der Waals surface area contributed by atoms with Gasteiger partial charge in [0.25, 0.3) is 6.47 Å². The molecule has 2 heterocycles. The summed E-state index contributed by atoms with van der Waals surface area (Å²) in [5, 5.41) is 3.39. The number of carbonyl (C=O) groups is 2. The van der Waals surface area contributed by atoms with E-state index in [0.717, 1.165) is 44.0 Å². The molecule has 1 amide bonds. The van der Waals surface area contributed by atoms with Crippen molar-refractivity contribution in [1.29, 1.82) is 0 Å². The van der Waals surface area contributed by atoms with Crippen LogP contribution in [-0.4, -0.2) is 61.6 Å². The van der Waals surface area contributed by atoms with E-state index in [1.807, 2.05) is 43.9 Å². The van der Waals surface area contributed by atoms with Crippen molar-refractivity contribution in [1.82, 2.24) is 10.2 Å². The van der Waals surface area contributed by atoms with Crippen molar-refractivity contribution in [2.75, 3.05) is 43.4 Å². The molecule has 7 nitrogen and oxygen atoms in total. The summed E-state index contributed by atoms with van der Waals surface area (Å²) in [5.74, 6) is 0.184. The lowest BCUT2D eigenvalue weighted by atomic mass is 10.1. The number of hydrogen-bond acceptors (Lipinski definition) is 6. The Hall–Kier alpha value is -2.12. The van der Waals surface area contributed by atoms with Crippen LogP contribution in [-0.2, 0) is 20.7 Å². The van der Waals surface area contributed by atoms with E-state index in [0.29, 0.717) is 19.1 Å². The lowest BCUT2D eigenvalue weighted by Gasteiger charge is -2.32. The zero-order valence-corrected chi connectivity index (χ0v) is 16.8. The van der Waals surface area contributed by atoms with E-state index < -0.39 is 0 Å². The fourth-order valence-electron chi connectivity index (χ4n) is 3.23.